The number of nitrogens with one attached hydrogen (secondary N) is 1. The van der Waals surface area contributed by atoms with Gasteiger partial charge in [-0.05, 0) is 12.1 Å². The van der Waals surface area contributed by atoms with Crippen LogP contribution in [-0.2, 0) is 4.79 Å². The highest BCUT2D eigenvalue weighted by atomic mass is 19.1. The second-order valence-electron chi connectivity index (χ2n) is 3.87. The fraction of sp³-hybridized carbons (Fsp3) is 0.0714. The molecule has 0 aliphatic rings. The van der Waals surface area contributed by atoms with Crippen LogP contribution in [-0.4, -0.2) is 5.91 Å². The maximum absolute atomic E-state index is 13.1. The van der Waals surface area contributed by atoms with Gasteiger partial charge in [0, 0.05) is 11.6 Å². The Labute approximate surface area is 110 Å². The van der Waals surface area contributed by atoms with Crippen LogP contribution in [0.3, 0.4) is 0 Å². The molecule has 0 fully saturated rings. The predicted molar refractivity (Wildman–Crippen MR) is 68.5 cm³/mol. The summed E-state index contributed by atoms with van der Waals surface area (Å²) in [5, 5.41) is 0. The average Bonchev–Trinajstić information content (AvgIpc) is 2.45. The molecule has 0 heterocycles. The number of halogens is 1. The number of ether oxygens (including phenoxy) is 1. The van der Waals surface area contributed by atoms with E-state index in [4.69, 9.17) is 10.6 Å². The van der Waals surface area contributed by atoms with Crippen LogP contribution in [0.25, 0.3) is 0 Å². The molecule has 0 spiro atoms. The molecule has 0 saturated heterocycles. The maximum atomic E-state index is 13.1. The Kier molecular flexibility index (Phi) is 4.10. The molecule has 2 aromatic rings. The van der Waals surface area contributed by atoms with E-state index < -0.39 is 17.8 Å². The Morgan fingerprint density at radius 2 is 1.89 bits per heavy atom. The lowest BCUT2D eigenvalue weighted by molar-refractivity contribution is -0.128. The van der Waals surface area contributed by atoms with Gasteiger partial charge in [0.05, 0.1) is 0 Å². The number of hydrazine groups is 1. The third-order valence-corrected chi connectivity index (χ3v) is 2.53. The minimum absolute atomic E-state index is 0.262. The van der Waals surface area contributed by atoms with E-state index in [9.17, 15) is 9.18 Å². The molecule has 2 rings (SSSR count). The number of nitrogens with two attached hydrogens (primary N) is 1. The number of amides is 1. The van der Waals surface area contributed by atoms with E-state index in [1.54, 1.807) is 30.3 Å². The number of carbonyl (C=O) groups excluding carboxylic acids is 1. The first-order valence-electron chi connectivity index (χ1n) is 5.68. The second-order valence-corrected chi connectivity index (χ2v) is 3.87. The number of hydrogen-bond acceptors (Lipinski definition) is 3. The Morgan fingerprint density at radius 3 is 2.53 bits per heavy atom. The Morgan fingerprint density at radius 1 is 1.16 bits per heavy atom. The highest BCUT2D eigenvalue weighted by molar-refractivity contribution is 5.82. The zero-order valence-corrected chi connectivity index (χ0v) is 10.0. The van der Waals surface area contributed by atoms with E-state index in [0.29, 0.717) is 5.56 Å². The normalized spacial score (nSPS) is 11.7. The van der Waals surface area contributed by atoms with Crippen LogP contribution in [0, 0.1) is 5.82 Å². The Balaban J connectivity index is 2.27. The lowest BCUT2D eigenvalue weighted by Crippen LogP contribution is -2.37. The molecule has 19 heavy (non-hydrogen) atoms. The van der Waals surface area contributed by atoms with Gasteiger partial charge in [0.1, 0.15) is 11.6 Å². The van der Waals surface area contributed by atoms with Crippen LogP contribution in [0.4, 0.5) is 4.39 Å². The molecule has 0 saturated carbocycles. The molecular weight excluding hydrogens is 247 g/mol. The van der Waals surface area contributed by atoms with Crippen LogP contribution in [0.15, 0.2) is 54.6 Å². The van der Waals surface area contributed by atoms with Crippen LogP contribution in [0.5, 0.6) is 5.75 Å². The van der Waals surface area contributed by atoms with Gasteiger partial charge in [-0.2, -0.15) is 0 Å². The molecule has 3 N–H and O–H groups in total. The van der Waals surface area contributed by atoms with Crippen LogP contribution in [0.1, 0.15) is 11.7 Å². The van der Waals surface area contributed by atoms with Crippen molar-refractivity contribution in [2.45, 2.75) is 6.10 Å². The lowest BCUT2D eigenvalue weighted by Gasteiger charge is -2.17. The van der Waals surface area contributed by atoms with Crippen molar-refractivity contribution in [3.8, 4) is 5.75 Å². The summed E-state index contributed by atoms with van der Waals surface area (Å²) in [6.45, 7) is 0. The highest BCUT2D eigenvalue weighted by Crippen LogP contribution is 2.22. The molecule has 1 unspecified atom stereocenters. The van der Waals surface area contributed by atoms with Crippen molar-refractivity contribution >= 4 is 5.91 Å². The maximum Gasteiger partial charge on any atom is 0.279 e. The average molecular weight is 260 g/mol. The first kappa shape index (κ1) is 13.0. The molecule has 0 bridgehead atoms. The molecule has 0 aliphatic heterocycles. The van der Waals surface area contributed by atoms with Crippen LogP contribution in [0.2, 0.25) is 0 Å². The van der Waals surface area contributed by atoms with E-state index in [0.717, 1.165) is 0 Å². The van der Waals surface area contributed by atoms with Crippen molar-refractivity contribution in [3.05, 3.63) is 66.0 Å². The van der Waals surface area contributed by atoms with Gasteiger partial charge in [0.15, 0.2) is 0 Å². The Bertz CT molecular complexity index is 560. The van der Waals surface area contributed by atoms with E-state index in [-0.39, 0.29) is 5.75 Å². The quantitative estimate of drug-likeness (QED) is 0.501. The summed E-state index contributed by atoms with van der Waals surface area (Å²) in [4.78, 5) is 11.7. The van der Waals surface area contributed by atoms with Crippen molar-refractivity contribution in [2.75, 3.05) is 0 Å². The molecule has 0 radical (unpaired) electrons. The summed E-state index contributed by atoms with van der Waals surface area (Å²) in [7, 11) is 0. The van der Waals surface area contributed by atoms with E-state index in [1.807, 2.05) is 11.5 Å². The van der Waals surface area contributed by atoms with Crippen LogP contribution >= 0.6 is 0 Å². The van der Waals surface area contributed by atoms with Crippen molar-refractivity contribution in [3.63, 3.8) is 0 Å². The van der Waals surface area contributed by atoms with Crippen molar-refractivity contribution < 1.29 is 13.9 Å². The Hall–Kier alpha value is -2.40. The highest BCUT2D eigenvalue weighted by Gasteiger charge is 2.21. The van der Waals surface area contributed by atoms with E-state index in [2.05, 4.69) is 0 Å². The number of benzene rings is 2. The zero-order valence-electron chi connectivity index (χ0n) is 10.0. The summed E-state index contributed by atoms with van der Waals surface area (Å²) in [6.07, 6.45) is -0.923. The summed E-state index contributed by atoms with van der Waals surface area (Å²) in [6, 6.07) is 14.4. The predicted octanol–water partition coefficient (Wildman–Crippen LogP) is 1.94. The molecule has 1 atom stereocenters. The van der Waals surface area contributed by atoms with E-state index >= 15 is 0 Å². The molecule has 0 aliphatic carbocycles. The summed E-state index contributed by atoms with van der Waals surface area (Å²) >= 11 is 0. The monoisotopic (exact) mass is 260 g/mol. The van der Waals surface area contributed by atoms with Crippen molar-refractivity contribution in [2.24, 2.45) is 5.84 Å². The molecular formula is C14H13FN2O2. The molecule has 1 amide bonds. The third kappa shape index (κ3) is 3.29. The fourth-order valence-corrected chi connectivity index (χ4v) is 1.65. The third-order valence-electron chi connectivity index (χ3n) is 2.53. The number of hydrogen-bond donors (Lipinski definition) is 2. The van der Waals surface area contributed by atoms with Crippen molar-refractivity contribution in [1.82, 2.24) is 5.43 Å². The summed E-state index contributed by atoms with van der Waals surface area (Å²) in [5.74, 6) is 4.46. The van der Waals surface area contributed by atoms with Gasteiger partial charge in [-0.25, -0.2) is 10.2 Å². The van der Waals surface area contributed by atoms with Crippen LogP contribution < -0.4 is 16.0 Å². The second kappa shape index (κ2) is 5.97. The van der Waals surface area contributed by atoms with Gasteiger partial charge in [0.2, 0.25) is 6.10 Å². The topological polar surface area (TPSA) is 64.3 Å². The molecule has 0 aromatic heterocycles. The lowest BCUT2D eigenvalue weighted by atomic mass is 10.1. The summed E-state index contributed by atoms with van der Waals surface area (Å²) in [5.41, 5.74) is 2.67. The fourth-order valence-electron chi connectivity index (χ4n) is 1.65. The zero-order chi connectivity index (χ0) is 13.7. The minimum Gasteiger partial charge on any atom is -0.476 e. The largest absolute Gasteiger partial charge is 0.476 e. The smallest absolute Gasteiger partial charge is 0.279 e. The van der Waals surface area contributed by atoms with Gasteiger partial charge in [0.25, 0.3) is 5.91 Å². The molecule has 98 valence electrons. The first-order chi connectivity index (χ1) is 9.20. The van der Waals surface area contributed by atoms with Gasteiger partial charge in [-0.15, -0.1) is 0 Å². The summed E-state index contributed by atoms with van der Waals surface area (Å²) < 4.78 is 18.6. The van der Waals surface area contributed by atoms with Gasteiger partial charge in [-0.1, -0.05) is 36.4 Å². The SMILES string of the molecule is NNC(=O)C(Oc1cccc(F)c1)c1ccccc1. The first-order valence-corrected chi connectivity index (χ1v) is 5.68. The van der Waals surface area contributed by atoms with Gasteiger partial charge >= 0.3 is 0 Å². The van der Waals surface area contributed by atoms with E-state index in [1.165, 1.54) is 18.2 Å². The minimum atomic E-state index is -0.923. The number of carbonyl (C=O) groups is 1. The molecule has 4 nitrogen and oxygen atoms in total. The number of rotatable bonds is 4. The molecule has 5 heteroatoms. The van der Waals surface area contributed by atoms with Gasteiger partial charge in [-0.3, -0.25) is 10.2 Å². The van der Waals surface area contributed by atoms with Gasteiger partial charge < -0.3 is 4.74 Å². The van der Waals surface area contributed by atoms with Crippen molar-refractivity contribution in [1.29, 1.82) is 0 Å². The standard InChI is InChI=1S/C14H13FN2O2/c15-11-7-4-8-12(9-11)19-13(14(18)17-16)10-5-2-1-3-6-10/h1-9,13H,16H2,(H,17,18). The molecule has 2 aromatic carbocycles.